The van der Waals surface area contributed by atoms with Crippen LogP contribution in [0.2, 0.25) is 0 Å². The SMILES string of the molecule is CCOc1ccccc1NC(=O)C1CC1C(=O)NCc1ccccn1. The van der Waals surface area contributed by atoms with Gasteiger partial charge in [-0.05, 0) is 37.6 Å². The van der Waals surface area contributed by atoms with Gasteiger partial charge in [0.05, 0.1) is 36.4 Å². The first kappa shape index (κ1) is 17.0. The number of ether oxygens (including phenoxy) is 1. The lowest BCUT2D eigenvalue weighted by Crippen LogP contribution is -2.27. The van der Waals surface area contributed by atoms with Gasteiger partial charge in [-0.25, -0.2) is 0 Å². The summed E-state index contributed by atoms with van der Waals surface area (Å²) in [5.41, 5.74) is 1.43. The van der Waals surface area contributed by atoms with Crippen LogP contribution in [0.5, 0.6) is 5.75 Å². The van der Waals surface area contributed by atoms with Crippen molar-refractivity contribution >= 4 is 17.5 Å². The van der Waals surface area contributed by atoms with E-state index < -0.39 is 0 Å². The summed E-state index contributed by atoms with van der Waals surface area (Å²) in [7, 11) is 0. The molecule has 0 spiro atoms. The summed E-state index contributed by atoms with van der Waals surface area (Å²) in [4.78, 5) is 28.7. The number of amides is 2. The van der Waals surface area contributed by atoms with Crippen molar-refractivity contribution < 1.29 is 14.3 Å². The number of aromatic nitrogens is 1. The van der Waals surface area contributed by atoms with Crippen molar-refractivity contribution in [2.45, 2.75) is 19.9 Å². The molecular weight excluding hydrogens is 318 g/mol. The fourth-order valence-electron chi connectivity index (χ4n) is 2.66. The monoisotopic (exact) mass is 339 g/mol. The number of hydrogen-bond donors (Lipinski definition) is 2. The number of rotatable bonds is 7. The Labute approximate surface area is 146 Å². The van der Waals surface area contributed by atoms with Crippen LogP contribution in [0.15, 0.2) is 48.7 Å². The van der Waals surface area contributed by atoms with Gasteiger partial charge in [0.15, 0.2) is 0 Å². The number of carbonyl (C=O) groups is 2. The Morgan fingerprint density at radius 3 is 2.64 bits per heavy atom. The summed E-state index contributed by atoms with van der Waals surface area (Å²) in [6, 6.07) is 12.8. The van der Waals surface area contributed by atoms with Crippen LogP contribution >= 0.6 is 0 Å². The van der Waals surface area contributed by atoms with E-state index in [2.05, 4.69) is 15.6 Å². The van der Waals surface area contributed by atoms with E-state index in [1.54, 1.807) is 12.3 Å². The highest BCUT2D eigenvalue weighted by Crippen LogP contribution is 2.40. The Bertz CT molecular complexity index is 749. The normalized spacial score (nSPS) is 18.3. The van der Waals surface area contributed by atoms with Crippen LogP contribution in [-0.4, -0.2) is 23.4 Å². The van der Waals surface area contributed by atoms with Crippen molar-refractivity contribution in [3.8, 4) is 5.75 Å². The molecule has 0 bridgehead atoms. The van der Waals surface area contributed by atoms with Gasteiger partial charge in [-0.3, -0.25) is 14.6 Å². The second-order valence-corrected chi connectivity index (χ2v) is 5.91. The van der Waals surface area contributed by atoms with Crippen LogP contribution in [0.4, 0.5) is 5.69 Å². The molecule has 2 unspecified atom stereocenters. The second-order valence-electron chi connectivity index (χ2n) is 5.91. The van der Waals surface area contributed by atoms with Crippen LogP contribution in [0.1, 0.15) is 19.0 Å². The topological polar surface area (TPSA) is 80.3 Å². The average Bonchev–Trinajstić information content (AvgIpc) is 3.43. The molecule has 0 radical (unpaired) electrons. The molecule has 25 heavy (non-hydrogen) atoms. The molecule has 6 nitrogen and oxygen atoms in total. The third-order valence-electron chi connectivity index (χ3n) is 4.08. The highest BCUT2D eigenvalue weighted by molar-refractivity contribution is 6.00. The van der Waals surface area contributed by atoms with Crippen molar-refractivity contribution in [2.75, 3.05) is 11.9 Å². The fraction of sp³-hybridized carbons (Fsp3) is 0.316. The van der Waals surface area contributed by atoms with E-state index in [-0.39, 0.29) is 23.7 Å². The van der Waals surface area contributed by atoms with E-state index in [0.29, 0.717) is 31.0 Å². The summed E-state index contributed by atoms with van der Waals surface area (Å²) in [5, 5.41) is 5.69. The van der Waals surface area contributed by atoms with Crippen LogP contribution in [0.25, 0.3) is 0 Å². The number of pyridine rings is 1. The molecule has 1 aromatic heterocycles. The van der Waals surface area contributed by atoms with Gasteiger partial charge in [0.2, 0.25) is 11.8 Å². The molecular formula is C19H21N3O3. The van der Waals surface area contributed by atoms with Gasteiger partial charge >= 0.3 is 0 Å². The van der Waals surface area contributed by atoms with Crippen LogP contribution < -0.4 is 15.4 Å². The zero-order chi connectivity index (χ0) is 17.6. The smallest absolute Gasteiger partial charge is 0.228 e. The molecule has 1 heterocycles. The van der Waals surface area contributed by atoms with Crippen molar-refractivity contribution in [1.29, 1.82) is 0 Å². The highest BCUT2D eigenvalue weighted by Gasteiger charge is 2.48. The second kappa shape index (κ2) is 7.79. The minimum absolute atomic E-state index is 0.108. The van der Waals surface area contributed by atoms with E-state index in [1.807, 2.05) is 43.3 Å². The summed E-state index contributed by atoms with van der Waals surface area (Å²) < 4.78 is 5.50. The molecule has 0 aliphatic heterocycles. The number of hydrogen-bond acceptors (Lipinski definition) is 4. The Hall–Kier alpha value is -2.89. The predicted octanol–water partition coefficient (Wildman–Crippen LogP) is 2.37. The predicted molar refractivity (Wildman–Crippen MR) is 93.9 cm³/mol. The Morgan fingerprint density at radius 2 is 1.88 bits per heavy atom. The van der Waals surface area contributed by atoms with Crippen LogP contribution in [-0.2, 0) is 16.1 Å². The van der Waals surface area contributed by atoms with Gasteiger partial charge in [0.25, 0.3) is 0 Å². The molecule has 0 saturated heterocycles. The number of nitrogens with one attached hydrogen (secondary N) is 2. The molecule has 1 aliphatic rings. The summed E-state index contributed by atoms with van der Waals surface area (Å²) in [5.74, 6) is -0.189. The van der Waals surface area contributed by atoms with Crippen LogP contribution in [0.3, 0.4) is 0 Å². The number of para-hydroxylation sites is 2. The van der Waals surface area contributed by atoms with E-state index in [0.717, 1.165) is 5.69 Å². The van der Waals surface area contributed by atoms with Crippen molar-refractivity contribution in [3.63, 3.8) is 0 Å². The van der Waals surface area contributed by atoms with Crippen molar-refractivity contribution in [1.82, 2.24) is 10.3 Å². The van der Waals surface area contributed by atoms with Crippen LogP contribution in [0, 0.1) is 11.8 Å². The Morgan fingerprint density at radius 1 is 1.12 bits per heavy atom. The summed E-state index contributed by atoms with van der Waals surface area (Å²) in [6.45, 7) is 2.79. The van der Waals surface area contributed by atoms with Gasteiger partial charge < -0.3 is 15.4 Å². The fourth-order valence-corrected chi connectivity index (χ4v) is 2.66. The van der Waals surface area contributed by atoms with Gasteiger partial charge in [0, 0.05) is 6.20 Å². The molecule has 1 saturated carbocycles. The summed E-state index contributed by atoms with van der Waals surface area (Å²) >= 11 is 0. The van der Waals surface area contributed by atoms with E-state index in [4.69, 9.17) is 4.74 Å². The standard InChI is InChI=1S/C19H21N3O3/c1-2-25-17-9-4-3-8-16(17)22-19(24)15-11-14(15)18(23)21-12-13-7-5-6-10-20-13/h3-10,14-15H,2,11-12H2,1H3,(H,21,23)(H,22,24). The lowest BCUT2D eigenvalue weighted by atomic mass is 10.2. The van der Waals surface area contributed by atoms with Gasteiger partial charge in [-0.15, -0.1) is 0 Å². The van der Waals surface area contributed by atoms with Crippen molar-refractivity contribution in [2.24, 2.45) is 11.8 Å². The number of anilines is 1. The summed E-state index contributed by atoms with van der Waals surface area (Å²) in [6.07, 6.45) is 2.25. The molecule has 1 fully saturated rings. The molecule has 3 rings (SSSR count). The van der Waals surface area contributed by atoms with E-state index >= 15 is 0 Å². The van der Waals surface area contributed by atoms with Gasteiger partial charge in [-0.2, -0.15) is 0 Å². The maximum atomic E-state index is 12.4. The molecule has 6 heteroatoms. The third-order valence-corrected chi connectivity index (χ3v) is 4.08. The third kappa shape index (κ3) is 4.35. The lowest BCUT2D eigenvalue weighted by Gasteiger charge is -2.11. The Balaban J connectivity index is 1.51. The zero-order valence-corrected chi connectivity index (χ0v) is 14.1. The molecule has 130 valence electrons. The molecule has 2 aromatic rings. The average molecular weight is 339 g/mol. The number of nitrogens with zero attached hydrogens (tertiary/aromatic N) is 1. The minimum atomic E-state index is -0.293. The first-order chi connectivity index (χ1) is 12.2. The van der Waals surface area contributed by atoms with Gasteiger partial charge in [-0.1, -0.05) is 18.2 Å². The molecule has 1 aliphatic carbocycles. The zero-order valence-electron chi connectivity index (χ0n) is 14.1. The number of carbonyl (C=O) groups excluding carboxylic acids is 2. The molecule has 1 aromatic carbocycles. The molecule has 2 amide bonds. The Kier molecular flexibility index (Phi) is 5.28. The first-order valence-corrected chi connectivity index (χ1v) is 8.39. The first-order valence-electron chi connectivity index (χ1n) is 8.39. The highest BCUT2D eigenvalue weighted by atomic mass is 16.5. The minimum Gasteiger partial charge on any atom is -0.492 e. The van der Waals surface area contributed by atoms with E-state index in [9.17, 15) is 9.59 Å². The molecule has 2 N–H and O–H groups in total. The largest absolute Gasteiger partial charge is 0.492 e. The maximum Gasteiger partial charge on any atom is 0.228 e. The van der Waals surface area contributed by atoms with Crippen molar-refractivity contribution in [3.05, 3.63) is 54.4 Å². The molecule has 2 atom stereocenters. The van der Waals surface area contributed by atoms with Gasteiger partial charge in [0.1, 0.15) is 5.75 Å². The maximum absolute atomic E-state index is 12.4. The van der Waals surface area contributed by atoms with E-state index in [1.165, 1.54) is 0 Å². The number of benzene rings is 1. The quantitative estimate of drug-likeness (QED) is 0.811. The lowest BCUT2D eigenvalue weighted by molar-refractivity contribution is -0.125.